The van der Waals surface area contributed by atoms with Crippen LogP contribution in [0.15, 0.2) is 48.5 Å². The first-order valence-corrected chi connectivity index (χ1v) is 9.08. The van der Waals surface area contributed by atoms with Crippen molar-refractivity contribution in [3.8, 4) is 11.3 Å². The van der Waals surface area contributed by atoms with E-state index >= 15 is 0 Å². The number of hydrogen-bond acceptors (Lipinski definition) is 1. The van der Waals surface area contributed by atoms with Gasteiger partial charge in [0.05, 0.1) is 11.2 Å². The smallest absolute Gasteiger partial charge is 0.0712 e. The van der Waals surface area contributed by atoms with Crippen LogP contribution < -0.4 is 0 Å². The molecule has 3 aromatic rings. The van der Waals surface area contributed by atoms with Crippen molar-refractivity contribution in [3.63, 3.8) is 0 Å². The molecule has 0 saturated carbocycles. The minimum atomic E-state index is 0.117. The summed E-state index contributed by atoms with van der Waals surface area (Å²) in [7, 11) is 0. The maximum atomic E-state index is 4.98. The molecule has 1 heterocycles. The Hall–Kier alpha value is -2.15. The molecule has 0 amide bonds. The Morgan fingerprint density at radius 1 is 0.760 bits per heavy atom. The van der Waals surface area contributed by atoms with Gasteiger partial charge in [-0.3, -0.25) is 0 Å². The molecule has 2 aromatic carbocycles. The molecule has 0 radical (unpaired) electrons. The molecule has 1 heteroatoms. The Bertz CT molecular complexity index is 921. The Morgan fingerprint density at radius 2 is 1.48 bits per heavy atom. The van der Waals surface area contributed by atoms with Gasteiger partial charge in [0.25, 0.3) is 0 Å². The molecule has 0 atom stereocenters. The van der Waals surface area contributed by atoms with Gasteiger partial charge in [-0.25, -0.2) is 4.98 Å². The van der Waals surface area contributed by atoms with Gasteiger partial charge in [-0.2, -0.15) is 0 Å². The molecular weight excluding hydrogens is 302 g/mol. The molecule has 130 valence electrons. The van der Waals surface area contributed by atoms with Gasteiger partial charge in [0.2, 0.25) is 0 Å². The fourth-order valence-electron chi connectivity index (χ4n) is 3.33. The lowest BCUT2D eigenvalue weighted by atomic mass is 9.84. The van der Waals surface area contributed by atoms with Crippen LogP contribution in [-0.4, -0.2) is 4.98 Å². The van der Waals surface area contributed by atoms with E-state index < -0.39 is 0 Å². The van der Waals surface area contributed by atoms with Gasteiger partial charge in [0.15, 0.2) is 0 Å². The van der Waals surface area contributed by atoms with E-state index in [4.69, 9.17) is 4.98 Å². The van der Waals surface area contributed by atoms with Gasteiger partial charge in [-0.15, -0.1) is 0 Å². The summed E-state index contributed by atoms with van der Waals surface area (Å²) in [6, 6.07) is 17.7. The third-order valence-corrected chi connectivity index (χ3v) is 4.78. The van der Waals surface area contributed by atoms with Crippen LogP contribution in [0.4, 0.5) is 0 Å². The Morgan fingerprint density at radius 3 is 2.12 bits per heavy atom. The predicted octanol–water partition coefficient (Wildman–Crippen LogP) is 6.81. The Kier molecular flexibility index (Phi) is 4.23. The molecule has 3 rings (SSSR count). The van der Waals surface area contributed by atoms with Gasteiger partial charge in [-0.05, 0) is 53.1 Å². The molecule has 0 aliphatic rings. The summed E-state index contributed by atoms with van der Waals surface area (Å²) in [5.41, 5.74) is 7.57. The molecule has 0 unspecified atom stereocenters. The largest absolute Gasteiger partial charge is 0.248 e. The maximum Gasteiger partial charge on any atom is 0.0712 e. The highest BCUT2D eigenvalue weighted by Crippen LogP contribution is 2.32. The van der Waals surface area contributed by atoms with Crippen molar-refractivity contribution in [1.29, 1.82) is 0 Å². The van der Waals surface area contributed by atoms with Gasteiger partial charge < -0.3 is 0 Å². The summed E-state index contributed by atoms with van der Waals surface area (Å²) in [5.74, 6) is 0. The second-order valence-corrected chi connectivity index (χ2v) is 9.16. The molecular formula is C24H29N. The van der Waals surface area contributed by atoms with Crippen molar-refractivity contribution in [2.75, 3.05) is 0 Å². The standard InChI is InChI=1S/C24H29N/c1-16-13-17(15-18(14-16)23(2,3)4)21-12-11-19-20(24(5,6)7)9-8-10-22(19)25-21/h8-15H,1-7H3. The van der Waals surface area contributed by atoms with Crippen molar-refractivity contribution in [1.82, 2.24) is 4.98 Å². The molecule has 0 aliphatic carbocycles. The fourth-order valence-corrected chi connectivity index (χ4v) is 3.33. The van der Waals surface area contributed by atoms with Crippen molar-refractivity contribution in [2.45, 2.75) is 59.3 Å². The highest BCUT2D eigenvalue weighted by molar-refractivity contribution is 5.85. The number of hydrogen-bond donors (Lipinski definition) is 0. The van der Waals surface area contributed by atoms with E-state index in [-0.39, 0.29) is 10.8 Å². The van der Waals surface area contributed by atoms with Crippen molar-refractivity contribution >= 4 is 10.9 Å². The number of nitrogens with zero attached hydrogens (tertiary/aromatic N) is 1. The number of benzene rings is 2. The average Bonchev–Trinajstić information content (AvgIpc) is 2.51. The molecule has 0 aliphatic heterocycles. The summed E-state index contributed by atoms with van der Waals surface area (Å²) in [6.07, 6.45) is 0. The topological polar surface area (TPSA) is 12.9 Å². The molecule has 25 heavy (non-hydrogen) atoms. The highest BCUT2D eigenvalue weighted by Gasteiger charge is 2.18. The number of aryl methyl sites for hydroxylation is 1. The molecule has 0 saturated heterocycles. The molecule has 1 aromatic heterocycles. The van der Waals surface area contributed by atoms with Gasteiger partial charge in [-0.1, -0.05) is 71.4 Å². The summed E-state index contributed by atoms with van der Waals surface area (Å²) < 4.78 is 0. The predicted molar refractivity (Wildman–Crippen MR) is 109 cm³/mol. The second kappa shape index (κ2) is 5.98. The molecule has 0 fully saturated rings. The fraction of sp³-hybridized carbons (Fsp3) is 0.375. The van der Waals surface area contributed by atoms with E-state index in [1.807, 2.05) is 0 Å². The number of rotatable bonds is 1. The normalized spacial score (nSPS) is 12.6. The minimum Gasteiger partial charge on any atom is -0.248 e. The van der Waals surface area contributed by atoms with Crippen molar-refractivity contribution in [2.24, 2.45) is 0 Å². The van der Waals surface area contributed by atoms with Gasteiger partial charge in [0, 0.05) is 10.9 Å². The van der Waals surface area contributed by atoms with Crippen LogP contribution in [0.5, 0.6) is 0 Å². The van der Waals surface area contributed by atoms with Crippen LogP contribution in [0.25, 0.3) is 22.2 Å². The van der Waals surface area contributed by atoms with Crippen LogP contribution in [0.3, 0.4) is 0 Å². The Balaban J connectivity index is 2.17. The van der Waals surface area contributed by atoms with Crippen LogP contribution in [0.2, 0.25) is 0 Å². The lowest BCUT2D eigenvalue weighted by Gasteiger charge is -2.22. The SMILES string of the molecule is Cc1cc(-c2ccc3c(C(C)(C)C)cccc3n2)cc(C(C)(C)C)c1. The summed E-state index contributed by atoms with van der Waals surface area (Å²) >= 11 is 0. The first kappa shape index (κ1) is 17.7. The molecule has 1 nitrogen and oxygen atoms in total. The van der Waals surface area contributed by atoms with Crippen molar-refractivity contribution in [3.05, 3.63) is 65.2 Å². The third-order valence-electron chi connectivity index (χ3n) is 4.78. The zero-order valence-corrected chi connectivity index (χ0v) is 16.6. The summed E-state index contributed by atoms with van der Waals surface area (Å²) in [4.78, 5) is 4.98. The van der Waals surface area contributed by atoms with Crippen LogP contribution >= 0.6 is 0 Å². The zero-order chi connectivity index (χ0) is 18.4. The number of aromatic nitrogens is 1. The van der Waals surface area contributed by atoms with E-state index in [0.29, 0.717) is 0 Å². The van der Waals surface area contributed by atoms with Crippen molar-refractivity contribution < 1.29 is 0 Å². The first-order valence-electron chi connectivity index (χ1n) is 9.08. The average molecular weight is 332 g/mol. The van der Waals surface area contributed by atoms with E-state index in [9.17, 15) is 0 Å². The summed E-state index contributed by atoms with van der Waals surface area (Å²) in [6.45, 7) is 15.7. The minimum absolute atomic E-state index is 0.117. The summed E-state index contributed by atoms with van der Waals surface area (Å²) in [5, 5.41) is 1.25. The van der Waals surface area contributed by atoms with E-state index in [2.05, 4.69) is 97.0 Å². The first-order chi connectivity index (χ1) is 11.6. The molecule has 0 spiro atoms. The van der Waals surface area contributed by atoms with Crippen LogP contribution in [0.1, 0.15) is 58.2 Å². The van der Waals surface area contributed by atoms with Crippen LogP contribution in [0, 0.1) is 6.92 Å². The molecule has 0 bridgehead atoms. The van der Waals surface area contributed by atoms with E-state index in [1.54, 1.807) is 0 Å². The lowest BCUT2D eigenvalue weighted by molar-refractivity contribution is 0.590. The zero-order valence-electron chi connectivity index (χ0n) is 16.6. The van der Waals surface area contributed by atoms with E-state index in [0.717, 1.165) is 11.2 Å². The monoisotopic (exact) mass is 331 g/mol. The second-order valence-electron chi connectivity index (χ2n) is 9.16. The van der Waals surface area contributed by atoms with E-state index in [1.165, 1.54) is 27.6 Å². The number of fused-ring (bicyclic) bond motifs is 1. The Labute approximate surface area is 152 Å². The quantitative estimate of drug-likeness (QED) is 0.477. The van der Waals surface area contributed by atoms with Gasteiger partial charge >= 0.3 is 0 Å². The highest BCUT2D eigenvalue weighted by atomic mass is 14.7. The van der Waals surface area contributed by atoms with Gasteiger partial charge in [0.1, 0.15) is 0 Å². The third kappa shape index (κ3) is 3.61. The molecule has 0 N–H and O–H groups in total. The lowest BCUT2D eigenvalue weighted by Crippen LogP contribution is -2.12. The maximum absolute atomic E-state index is 4.98. The number of pyridine rings is 1. The van der Waals surface area contributed by atoms with Crippen LogP contribution in [-0.2, 0) is 10.8 Å².